The molecular formula is C13H20O6. The van der Waals surface area contributed by atoms with E-state index in [1.165, 1.54) is 13.8 Å². The lowest BCUT2D eigenvalue weighted by Crippen LogP contribution is -2.38. The molecule has 0 aromatic carbocycles. The molecule has 1 rings (SSSR count). The quantitative estimate of drug-likeness (QED) is 0.531. The number of ether oxygens (including phenoxy) is 4. The molecule has 0 amide bonds. The minimum Gasteiger partial charge on any atom is -0.465 e. The highest BCUT2D eigenvalue weighted by atomic mass is 16.7. The molecule has 6 heteroatoms. The van der Waals surface area contributed by atoms with Crippen molar-refractivity contribution in [3.63, 3.8) is 0 Å². The molecule has 0 radical (unpaired) electrons. The van der Waals surface area contributed by atoms with Crippen LogP contribution in [0.5, 0.6) is 0 Å². The average molecular weight is 272 g/mol. The molecule has 0 saturated heterocycles. The highest BCUT2D eigenvalue weighted by Crippen LogP contribution is 2.21. The Morgan fingerprint density at radius 3 is 2.32 bits per heavy atom. The van der Waals surface area contributed by atoms with Crippen LogP contribution in [0.1, 0.15) is 20.8 Å². The fraction of sp³-hybridized carbons (Fsp3) is 0.692. The number of carbonyl (C=O) groups is 2. The van der Waals surface area contributed by atoms with Gasteiger partial charge >= 0.3 is 11.9 Å². The molecule has 0 aromatic rings. The lowest BCUT2D eigenvalue weighted by atomic mass is 10.1. The Morgan fingerprint density at radius 2 is 1.74 bits per heavy atom. The monoisotopic (exact) mass is 272 g/mol. The zero-order chi connectivity index (χ0) is 14.3. The highest BCUT2D eigenvalue weighted by molar-refractivity contribution is 5.66. The van der Waals surface area contributed by atoms with E-state index in [1.54, 1.807) is 6.08 Å². The van der Waals surface area contributed by atoms with Crippen LogP contribution in [0.4, 0.5) is 0 Å². The van der Waals surface area contributed by atoms with Gasteiger partial charge in [0.1, 0.15) is 19.3 Å². The summed E-state index contributed by atoms with van der Waals surface area (Å²) in [5, 5.41) is 0. The van der Waals surface area contributed by atoms with Gasteiger partial charge in [-0.3, -0.25) is 9.59 Å². The molecule has 0 saturated carbocycles. The van der Waals surface area contributed by atoms with Crippen LogP contribution in [-0.4, -0.2) is 44.2 Å². The summed E-state index contributed by atoms with van der Waals surface area (Å²) >= 11 is 0. The maximum atomic E-state index is 10.8. The zero-order valence-electron chi connectivity index (χ0n) is 11.5. The Kier molecular flexibility index (Phi) is 6.52. The first-order chi connectivity index (χ1) is 9.02. The van der Waals surface area contributed by atoms with Crippen molar-refractivity contribution in [2.45, 2.75) is 33.2 Å². The molecule has 1 aliphatic rings. The van der Waals surface area contributed by atoms with Gasteiger partial charge in [0.05, 0.1) is 5.92 Å². The van der Waals surface area contributed by atoms with Crippen LogP contribution in [0.2, 0.25) is 0 Å². The lowest BCUT2D eigenvalue weighted by Gasteiger charge is -2.31. The first-order valence-corrected chi connectivity index (χ1v) is 6.25. The number of esters is 2. The Bertz CT molecular complexity index is 338. The second kappa shape index (κ2) is 7.91. The number of carbonyl (C=O) groups excluding carboxylic acids is 2. The Labute approximate surface area is 112 Å². The second-order valence-corrected chi connectivity index (χ2v) is 4.15. The van der Waals surface area contributed by atoms with Crippen LogP contribution in [0, 0.1) is 5.92 Å². The molecule has 3 atom stereocenters. The van der Waals surface area contributed by atoms with Crippen LogP contribution >= 0.6 is 0 Å². The standard InChI is InChI=1S/C13H20O6/c1-4-16-13-11(7-17-9(2)14)5-6-12(19-13)8-18-10(3)15/h5-6,11-13H,4,7-8H2,1-3H3/t11-,12+,13+/m0/s1. The third-order valence-corrected chi connectivity index (χ3v) is 2.49. The van der Waals surface area contributed by atoms with Crippen LogP contribution in [-0.2, 0) is 28.5 Å². The van der Waals surface area contributed by atoms with Crippen molar-refractivity contribution in [2.24, 2.45) is 5.92 Å². The van der Waals surface area contributed by atoms with Gasteiger partial charge < -0.3 is 18.9 Å². The molecule has 0 N–H and O–H groups in total. The molecule has 0 aliphatic carbocycles. The number of hydrogen-bond donors (Lipinski definition) is 0. The van der Waals surface area contributed by atoms with Crippen molar-refractivity contribution in [1.29, 1.82) is 0 Å². The summed E-state index contributed by atoms with van der Waals surface area (Å²) in [7, 11) is 0. The van der Waals surface area contributed by atoms with Crippen molar-refractivity contribution >= 4 is 11.9 Å². The highest BCUT2D eigenvalue weighted by Gasteiger charge is 2.29. The molecule has 0 aromatic heterocycles. The first-order valence-electron chi connectivity index (χ1n) is 6.25. The van der Waals surface area contributed by atoms with E-state index in [-0.39, 0.29) is 37.2 Å². The normalized spacial score (nSPS) is 25.9. The van der Waals surface area contributed by atoms with Crippen molar-refractivity contribution in [3.8, 4) is 0 Å². The van der Waals surface area contributed by atoms with E-state index in [2.05, 4.69) is 0 Å². The first kappa shape index (κ1) is 15.7. The smallest absolute Gasteiger partial charge is 0.302 e. The number of hydrogen-bond acceptors (Lipinski definition) is 6. The summed E-state index contributed by atoms with van der Waals surface area (Å²) in [5.74, 6) is -0.852. The molecule has 19 heavy (non-hydrogen) atoms. The van der Waals surface area contributed by atoms with Gasteiger partial charge in [-0.05, 0) is 6.92 Å². The van der Waals surface area contributed by atoms with Gasteiger partial charge in [0.2, 0.25) is 0 Å². The van der Waals surface area contributed by atoms with E-state index < -0.39 is 6.29 Å². The van der Waals surface area contributed by atoms with Gasteiger partial charge in [0.15, 0.2) is 6.29 Å². The fourth-order valence-electron chi connectivity index (χ4n) is 1.65. The summed E-state index contributed by atoms with van der Waals surface area (Å²) < 4.78 is 20.9. The van der Waals surface area contributed by atoms with E-state index in [4.69, 9.17) is 18.9 Å². The van der Waals surface area contributed by atoms with E-state index in [1.807, 2.05) is 13.0 Å². The molecule has 0 unspecified atom stereocenters. The Balaban J connectivity index is 2.54. The summed E-state index contributed by atoms with van der Waals surface area (Å²) in [6.07, 6.45) is 2.80. The van der Waals surface area contributed by atoms with Crippen molar-refractivity contribution in [2.75, 3.05) is 19.8 Å². The van der Waals surface area contributed by atoms with Crippen molar-refractivity contribution < 1.29 is 28.5 Å². The minimum atomic E-state index is -0.505. The molecule has 0 spiro atoms. The van der Waals surface area contributed by atoms with Gasteiger partial charge in [0.25, 0.3) is 0 Å². The van der Waals surface area contributed by atoms with Crippen molar-refractivity contribution in [1.82, 2.24) is 0 Å². The van der Waals surface area contributed by atoms with E-state index in [0.717, 1.165) is 0 Å². The summed E-state index contributed by atoms with van der Waals surface area (Å²) in [4.78, 5) is 21.6. The third kappa shape index (κ3) is 5.85. The predicted molar refractivity (Wildman–Crippen MR) is 66.2 cm³/mol. The molecule has 1 heterocycles. The maximum absolute atomic E-state index is 10.8. The number of rotatable bonds is 6. The van der Waals surface area contributed by atoms with Crippen LogP contribution < -0.4 is 0 Å². The second-order valence-electron chi connectivity index (χ2n) is 4.15. The SMILES string of the molecule is CCO[C@@H]1O[C@@H](COC(C)=O)C=C[C@H]1COC(C)=O. The van der Waals surface area contributed by atoms with Crippen LogP contribution in [0.15, 0.2) is 12.2 Å². The molecule has 1 aliphatic heterocycles. The fourth-order valence-corrected chi connectivity index (χ4v) is 1.65. The van der Waals surface area contributed by atoms with E-state index >= 15 is 0 Å². The zero-order valence-corrected chi connectivity index (χ0v) is 11.5. The third-order valence-electron chi connectivity index (χ3n) is 2.49. The van der Waals surface area contributed by atoms with Gasteiger partial charge in [-0.1, -0.05) is 12.2 Å². The molecule has 108 valence electrons. The summed E-state index contributed by atoms with van der Waals surface area (Å²) in [5.41, 5.74) is 0. The van der Waals surface area contributed by atoms with Crippen molar-refractivity contribution in [3.05, 3.63) is 12.2 Å². The minimum absolute atomic E-state index is 0.149. The summed E-state index contributed by atoms with van der Waals surface area (Å²) in [6.45, 7) is 5.39. The van der Waals surface area contributed by atoms with E-state index in [9.17, 15) is 9.59 Å². The largest absolute Gasteiger partial charge is 0.465 e. The van der Waals surface area contributed by atoms with Gasteiger partial charge in [-0.2, -0.15) is 0 Å². The van der Waals surface area contributed by atoms with Gasteiger partial charge in [0, 0.05) is 20.5 Å². The Morgan fingerprint density at radius 1 is 1.11 bits per heavy atom. The van der Waals surface area contributed by atoms with E-state index in [0.29, 0.717) is 6.61 Å². The molecule has 0 bridgehead atoms. The topological polar surface area (TPSA) is 71.1 Å². The van der Waals surface area contributed by atoms with Crippen LogP contribution in [0.25, 0.3) is 0 Å². The van der Waals surface area contributed by atoms with Gasteiger partial charge in [-0.15, -0.1) is 0 Å². The predicted octanol–water partition coefficient (Wildman–Crippen LogP) is 1.05. The Hall–Kier alpha value is -1.40. The molecule has 6 nitrogen and oxygen atoms in total. The van der Waals surface area contributed by atoms with Crippen LogP contribution in [0.3, 0.4) is 0 Å². The maximum Gasteiger partial charge on any atom is 0.302 e. The van der Waals surface area contributed by atoms with Gasteiger partial charge in [-0.25, -0.2) is 0 Å². The molecule has 0 fully saturated rings. The molecular weight excluding hydrogens is 252 g/mol. The lowest BCUT2D eigenvalue weighted by molar-refractivity contribution is -0.202. The average Bonchev–Trinajstić information content (AvgIpc) is 2.35. The summed E-state index contributed by atoms with van der Waals surface area (Å²) in [6, 6.07) is 0.